The van der Waals surface area contributed by atoms with Crippen LogP contribution in [0.5, 0.6) is 0 Å². The van der Waals surface area contributed by atoms with E-state index in [0.29, 0.717) is 17.9 Å². The Balaban J connectivity index is 1.37. The molecule has 1 saturated carbocycles. The van der Waals surface area contributed by atoms with Crippen molar-refractivity contribution in [1.82, 2.24) is 9.96 Å². The normalized spacial score (nSPS) is 24.3. The van der Waals surface area contributed by atoms with E-state index in [1.165, 1.54) is 12.1 Å². The molecule has 0 radical (unpaired) electrons. The number of fused-ring (bicyclic) bond motifs is 2. The van der Waals surface area contributed by atoms with Crippen molar-refractivity contribution in [1.29, 1.82) is 0 Å². The molecule has 2 fully saturated rings. The fraction of sp³-hybridized carbons (Fsp3) is 0.421. The predicted molar refractivity (Wildman–Crippen MR) is 89.8 cm³/mol. The summed E-state index contributed by atoms with van der Waals surface area (Å²) in [5, 5.41) is 0.431. The fourth-order valence-corrected chi connectivity index (χ4v) is 4.05. The maximum absolute atomic E-state index is 12.4. The van der Waals surface area contributed by atoms with Crippen LogP contribution in [0.15, 0.2) is 24.3 Å². The highest BCUT2D eigenvalue weighted by atomic mass is 16.7. The Morgan fingerprint density at radius 2 is 1.44 bits per heavy atom. The maximum Gasteiger partial charge on any atom is 0.335 e. The van der Waals surface area contributed by atoms with Crippen LogP contribution in [-0.4, -0.2) is 46.1 Å². The van der Waals surface area contributed by atoms with E-state index in [1.807, 2.05) is 0 Å². The summed E-state index contributed by atoms with van der Waals surface area (Å²) < 4.78 is 0. The number of carbonyl (C=O) groups is 5. The van der Waals surface area contributed by atoms with Crippen LogP contribution < -0.4 is 0 Å². The van der Waals surface area contributed by atoms with Crippen molar-refractivity contribution >= 4 is 29.6 Å². The second-order valence-corrected chi connectivity index (χ2v) is 6.99. The third-order valence-corrected chi connectivity index (χ3v) is 5.42. The average molecular weight is 370 g/mol. The number of amides is 4. The second kappa shape index (κ2) is 6.61. The van der Waals surface area contributed by atoms with E-state index in [4.69, 9.17) is 4.84 Å². The van der Waals surface area contributed by atoms with Gasteiger partial charge in [0.05, 0.1) is 29.4 Å². The highest BCUT2D eigenvalue weighted by Crippen LogP contribution is 2.38. The number of benzene rings is 1. The Hall–Kier alpha value is -3.03. The number of likely N-dealkylation sites (tertiary alicyclic amines) is 1. The minimum absolute atomic E-state index is 0.104. The maximum atomic E-state index is 12.4. The predicted octanol–water partition coefficient (Wildman–Crippen LogP) is 1.31. The van der Waals surface area contributed by atoms with Gasteiger partial charge in [-0.05, 0) is 25.0 Å². The Labute approximate surface area is 155 Å². The van der Waals surface area contributed by atoms with Gasteiger partial charge in [-0.1, -0.05) is 30.0 Å². The van der Waals surface area contributed by atoms with Crippen LogP contribution in [-0.2, 0) is 19.2 Å². The number of rotatable bonds is 4. The van der Waals surface area contributed by atoms with Crippen LogP contribution in [0.25, 0.3) is 0 Å². The molecule has 1 aliphatic carbocycles. The van der Waals surface area contributed by atoms with Gasteiger partial charge in [0.25, 0.3) is 11.8 Å². The smallest absolute Gasteiger partial charge is 0.330 e. The van der Waals surface area contributed by atoms with Crippen LogP contribution in [0.4, 0.5) is 0 Å². The molecule has 8 heteroatoms. The first-order valence-corrected chi connectivity index (χ1v) is 9.03. The van der Waals surface area contributed by atoms with Crippen LogP contribution in [0, 0.1) is 11.8 Å². The zero-order valence-corrected chi connectivity index (χ0v) is 14.6. The molecule has 2 aliphatic heterocycles. The van der Waals surface area contributed by atoms with Crippen LogP contribution in [0.3, 0.4) is 0 Å². The van der Waals surface area contributed by atoms with E-state index in [2.05, 4.69) is 0 Å². The molecule has 4 rings (SSSR count). The van der Waals surface area contributed by atoms with Gasteiger partial charge in [0.1, 0.15) is 0 Å². The lowest BCUT2D eigenvalue weighted by molar-refractivity contribution is -0.169. The van der Waals surface area contributed by atoms with Crippen LogP contribution >= 0.6 is 0 Å². The van der Waals surface area contributed by atoms with Crippen molar-refractivity contribution in [3.63, 3.8) is 0 Å². The lowest BCUT2D eigenvalue weighted by Gasteiger charge is -2.19. The molecule has 1 saturated heterocycles. The lowest BCUT2D eigenvalue weighted by Crippen LogP contribution is -2.36. The number of carbonyl (C=O) groups excluding carboxylic acids is 5. The Morgan fingerprint density at radius 3 is 1.96 bits per heavy atom. The third-order valence-electron chi connectivity index (χ3n) is 5.42. The van der Waals surface area contributed by atoms with Crippen LogP contribution in [0.1, 0.15) is 52.8 Å². The molecular weight excluding hydrogens is 352 g/mol. The quantitative estimate of drug-likeness (QED) is 0.741. The molecule has 1 aromatic rings. The largest absolute Gasteiger partial charge is 0.335 e. The van der Waals surface area contributed by atoms with E-state index in [-0.39, 0.29) is 47.7 Å². The second-order valence-electron chi connectivity index (χ2n) is 6.99. The SMILES string of the molecule is O=C(CCN1C(=O)C2CCCCC2C1=O)ON1C(=O)c2ccccc2C1=O. The lowest BCUT2D eigenvalue weighted by atomic mass is 9.81. The topological polar surface area (TPSA) is 101 Å². The summed E-state index contributed by atoms with van der Waals surface area (Å²) in [6.07, 6.45) is 2.98. The summed E-state index contributed by atoms with van der Waals surface area (Å²) in [7, 11) is 0. The van der Waals surface area contributed by atoms with E-state index in [1.54, 1.807) is 12.1 Å². The summed E-state index contributed by atoms with van der Waals surface area (Å²) >= 11 is 0. The van der Waals surface area contributed by atoms with Crippen molar-refractivity contribution < 1.29 is 28.8 Å². The number of nitrogens with zero attached hydrogens (tertiary/aromatic N) is 2. The fourth-order valence-electron chi connectivity index (χ4n) is 4.05. The highest BCUT2D eigenvalue weighted by Gasteiger charge is 2.48. The van der Waals surface area contributed by atoms with Gasteiger partial charge < -0.3 is 4.84 Å². The number of imide groups is 2. The monoisotopic (exact) mass is 370 g/mol. The molecule has 1 aromatic carbocycles. The van der Waals surface area contributed by atoms with Gasteiger partial charge in [-0.15, -0.1) is 0 Å². The molecule has 0 aromatic heterocycles. The zero-order chi connectivity index (χ0) is 19.1. The Kier molecular flexibility index (Phi) is 4.25. The molecule has 2 heterocycles. The Morgan fingerprint density at radius 1 is 0.926 bits per heavy atom. The van der Waals surface area contributed by atoms with Gasteiger partial charge in [0, 0.05) is 6.54 Å². The molecule has 0 N–H and O–H groups in total. The van der Waals surface area contributed by atoms with E-state index >= 15 is 0 Å². The van der Waals surface area contributed by atoms with Crippen molar-refractivity contribution in [3.8, 4) is 0 Å². The molecule has 27 heavy (non-hydrogen) atoms. The first-order chi connectivity index (χ1) is 13.0. The molecule has 0 bridgehead atoms. The number of hydrogen-bond acceptors (Lipinski definition) is 6. The number of hydrogen-bond donors (Lipinski definition) is 0. The Bertz CT molecular complexity index is 805. The molecule has 4 amide bonds. The van der Waals surface area contributed by atoms with Crippen molar-refractivity contribution in [2.75, 3.05) is 6.54 Å². The minimum Gasteiger partial charge on any atom is -0.330 e. The average Bonchev–Trinajstić information content (AvgIpc) is 3.07. The van der Waals surface area contributed by atoms with Gasteiger partial charge in [-0.3, -0.25) is 24.1 Å². The summed E-state index contributed by atoms with van der Waals surface area (Å²) in [5.41, 5.74) is 0.341. The van der Waals surface area contributed by atoms with Gasteiger partial charge in [-0.2, -0.15) is 0 Å². The van der Waals surface area contributed by atoms with E-state index < -0.39 is 17.8 Å². The van der Waals surface area contributed by atoms with Gasteiger partial charge in [0.15, 0.2) is 0 Å². The van der Waals surface area contributed by atoms with Crippen LogP contribution in [0.2, 0.25) is 0 Å². The summed E-state index contributed by atoms with van der Waals surface area (Å²) in [4.78, 5) is 67.3. The van der Waals surface area contributed by atoms with E-state index in [9.17, 15) is 24.0 Å². The molecule has 3 aliphatic rings. The summed E-state index contributed by atoms with van der Waals surface area (Å²) in [5.74, 6) is -3.29. The van der Waals surface area contributed by atoms with Gasteiger partial charge >= 0.3 is 5.97 Å². The summed E-state index contributed by atoms with van der Waals surface area (Å²) in [6.45, 7) is -0.104. The van der Waals surface area contributed by atoms with Gasteiger partial charge in [0.2, 0.25) is 11.8 Å². The van der Waals surface area contributed by atoms with E-state index in [0.717, 1.165) is 17.7 Å². The first-order valence-electron chi connectivity index (χ1n) is 9.03. The van der Waals surface area contributed by atoms with Gasteiger partial charge in [-0.25, -0.2) is 4.79 Å². The molecule has 2 unspecified atom stereocenters. The molecule has 2 atom stereocenters. The van der Waals surface area contributed by atoms with Crippen molar-refractivity contribution in [2.24, 2.45) is 11.8 Å². The molecule has 0 spiro atoms. The molecular formula is C19H18N2O6. The molecule has 140 valence electrons. The zero-order valence-electron chi connectivity index (χ0n) is 14.6. The van der Waals surface area contributed by atoms with Crippen molar-refractivity contribution in [2.45, 2.75) is 32.1 Å². The van der Waals surface area contributed by atoms with Crippen molar-refractivity contribution in [3.05, 3.63) is 35.4 Å². The third kappa shape index (κ3) is 2.81. The highest BCUT2D eigenvalue weighted by molar-refractivity contribution is 6.20. The minimum atomic E-state index is -0.847. The number of hydroxylamine groups is 2. The molecule has 8 nitrogen and oxygen atoms in total. The first kappa shape index (κ1) is 17.4. The summed E-state index contributed by atoms with van der Waals surface area (Å²) in [6, 6.07) is 6.18. The standard InChI is InChI=1S/C19H18N2O6/c22-15(27-21-18(25)13-7-3-4-8-14(13)19(21)26)9-10-20-16(23)11-5-1-2-6-12(11)17(20)24/h3-4,7-8,11-12H,1-2,5-6,9-10H2.